The van der Waals surface area contributed by atoms with E-state index in [4.69, 9.17) is 0 Å². The summed E-state index contributed by atoms with van der Waals surface area (Å²) < 4.78 is 1.28. The van der Waals surface area contributed by atoms with Crippen LogP contribution in [0.15, 0.2) is 0 Å². The highest BCUT2D eigenvalue weighted by Crippen LogP contribution is 2.20. The monoisotopic (exact) mass is 171 g/mol. The first kappa shape index (κ1) is 10.0. The zero-order chi connectivity index (χ0) is 9.03. The van der Waals surface area contributed by atoms with E-state index < -0.39 is 0 Å². The molecule has 0 radical (unpaired) electrons. The summed E-state index contributed by atoms with van der Waals surface area (Å²) in [5.74, 6) is 0.964. The largest absolute Gasteiger partial charge is 0.325 e. The Morgan fingerprint density at radius 3 is 2.42 bits per heavy atom. The maximum atomic E-state index is 3.24. The number of rotatable bonds is 3. The number of nitrogens with one attached hydrogen (secondary N) is 1. The van der Waals surface area contributed by atoms with Crippen molar-refractivity contribution in [2.24, 2.45) is 5.92 Å². The number of hydrogen-bond donors (Lipinski definition) is 1. The summed E-state index contributed by atoms with van der Waals surface area (Å²) in [6.07, 6.45) is 2.83. The molecule has 1 rings (SSSR count). The average Bonchev–Trinajstić information content (AvgIpc) is 2.08. The van der Waals surface area contributed by atoms with Gasteiger partial charge in [0.2, 0.25) is 0 Å². The molecule has 0 spiro atoms. The molecule has 0 aromatic carbocycles. The van der Waals surface area contributed by atoms with Crippen molar-refractivity contribution in [3.8, 4) is 0 Å². The minimum absolute atomic E-state index is 0.964. The van der Waals surface area contributed by atoms with E-state index in [2.05, 4.69) is 19.3 Å². The van der Waals surface area contributed by atoms with Crippen LogP contribution in [0.2, 0.25) is 0 Å². The molecule has 0 amide bonds. The van der Waals surface area contributed by atoms with Crippen molar-refractivity contribution in [2.75, 3.05) is 40.3 Å². The van der Waals surface area contributed by atoms with Crippen LogP contribution in [0.5, 0.6) is 0 Å². The molecule has 1 saturated heterocycles. The maximum Gasteiger partial charge on any atom is 0.0911 e. The predicted molar refractivity (Wildman–Crippen MR) is 53.1 cm³/mol. The Balaban J connectivity index is 2.29. The van der Waals surface area contributed by atoms with Crippen LogP contribution in [0.3, 0.4) is 0 Å². The van der Waals surface area contributed by atoms with E-state index in [9.17, 15) is 0 Å². The van der Waals surface area contributed by atoms with Gasteiger partial charge in [-0.15, -0.1) is 0 Å². The van der Waals surface area contributed by atoms with Crippen molar-refractivity contribution in [2.45, 2.75) is 19.8 Å². The third-order valence-electron chi connectivity index (χ3n) is 3.23. The Hall–Kier alpha value is -0.0800. The summed E-state index contributed by atoms with van der Waals surface area (Å²) in [5, 5.41) is 3.24. The Morgan fingerprint density at radius 2 is 1.92 bits per heavy atom. The van der Waals surface area contributed by atoms with Gasteiger partial charge in [-0.1, -0.05) is 6.92 Å². The molecule has 1 aliphatic heterocycles. The fraction of sp³-hybridized carbons (Fsp3) is 1.00. The Kier molecular flexibility index (Phi) is 3.53. The lowest BCUT2D eigenvalue weighted by Gasteiger charge is -2.39. The lowest BCUT2D eigenvalue weighted by Crippen LogP contribution is -2.52. The van der Waals surface area contributed by atoms with E-state index in [0.717, 1.165) is 12.5 Å². The van der Waals surface area contributed by atoms with Gasteiger partial charge in [0, 0.05) is 6.54 Å². The van der Waals surface area contributed by atoms with Crippen molar-refractivity contribution in [3.05, 3.63) is 0 Å². The fourth-order valence-electron chi connectivity index (χ4n) is 1.93. The summed E-state index contributed by atoms with van der Waals surface area (Å²) >= 11 is 0. The van der Waals surface area contributed by atoms with E-state index in [1.165, 1.54) is 37.0 Å². The second kappa shape index (κ2) is 4.24. The Bertz CT molecular complexity index is 120. The summed E-state index contributed by atoms with van der Waals surface area (Å²) in [4.78, 5) is 0. The minimum Gasteiger partial charge on any atom is -0.325 e. The number of piperidine rings is 1. The number of likely N-dealkylation sites (tertiary alicyclic amines) is 1. The summed E-state index contributed by atoms with van der Waals surface area (Å²) in [5.41, 5.74) is 0. The number of nitrogens with zero attached hydrogens (tertiary/aromatic N) is 1. The Morgan fingerprint density at radius 1 is 1.33 bits per heavy atom. The van der Waals surface area contributed by atoms with Crippen LogP contribution in [0.1, 0.15) is 19.8 Å². The number of likely N-dealkylation sites (N-methyl/N-ethyl adjacent to an activating group) is 2. The molecule has 72 valence electrons. The highest BCUT2D eigenvalue weighted by atomic mass is 15.3. The van der Waals surface area contributed by atoms with E-state index >= 15 is 0 Å². The highest BCUT2D eigenvalue weighted by Gasteiger charge is 2.26. The van der Waals surface area contributed by atoms with Crippen molar-refractivity contribution in [1.29, 1.82) is 0 Å². The Labute approximate surface area is 76.5 Å². The van der Waals surface area contributed by atoms with Gasteiger partial charge in [-0.05, 0) is 25.8 Å². The lowest BCUT2D eigenvalue weighted by atomic mass is 9.97. The van der Waals surface area contributed by atoms with Crippen molar-refractivity contribution in [3.63, 3.8) is 0 Å². The van der Waals surface area contributed by atoms with E-state index in [-0.39, 0.29) is 0 Å². The van der Waals surface area contributed by atoms with Crippen molar-refractivity contribution < 1.29 is 4.48 Å². The highest BCUT2D eigenvalue weighted by molar-refractivity contribution is 4.59. The van der Waals surface area contributed by atoms with Crippen LogP contribution in [0, 0.1) is 5.92 Å². The van der Waals surface area contributed by atoms with Gasteiger partial charge in [-0.25, -0.2) is 0 Å². The first-order valence-electron chi connectivity index (χ1n) is 5.14. The van der Waals surface area contributed by atoms with E-state index in [0.29, 0.717) is 0 Å². The molecule has 1 aliphatic rings. The fourth-order valence-corrected chi connectivity index (χ4v) is 1.93. The third kappa shape index (κ3) is 2.76. The average molecular weight is 171 g/mol. The summed E-state index contributed by atoms with van der Waals surface area (Å²) in [6, 6.07) is 0. The maximum absolute atomic E-state index is 3.24. The molecule has 0 saturated carbocycles. The summed E-state index contributed by atoms with van der Waals surface area (Å²) in [6.45, 7) is 7.58. The first-order valence-corrected chi connectivity index (χ1v) is 5.14. The van der Waals surface area contributed by atoms with Crippen LogP contribution < -0.4 is 5.32 Å². The van der Waals surface area contributed by atoms with Crippen LogP contribution in [0.25, 0.3) is 0 Å². The molecule has 12 heavy (non-hydrogen) atoms. The van der Waals surface area contributed by atoms with Crippen LogP contribution in [-0.4, -0.2) is 44.8 Å². The zero-order valence-corrected chi connectivity index (χ0v) is 8.77. The van der Waals surface area contributed by atoms with Crippen molar-refractivity contribution in [1.82, 2.24) is 5.32 Å². The molecule has 2 nitrogen and oxygen atoms in total. The van der Waals surface area contributed by atoms with Gasteiger partial charge in [0.15, 0.2) is 0 Å². The van der Waals surface area contributed by atoms with Gasteiger partial charge in [0.05, 0.1) is 26.7 Å². The second-order valence-corrected chi connectivity index (χ2v) is 4.58. The lowest BCUT2D eigenvalue weighted by molar-refractivity contribution is -0.914. The normalized spacial score (nSPS) is 36.8. The van der Waals surface area contributed by atoms with Gasteiger partial charge < -0.3 is 9.80 Å². The molecule has 1 N–H and O–H groups in total. The van der Waals surface area contributed by atoms with Gasteiger partial charge in [-0.3, -0.25) is 0 Å². The molecule has 0 unspecified atom stereocenters. The zero-order valence-electron chi connectivity index (χ0n) is 8.77. The van der Waals surface area contributed by atoms with E-state index in [1.807, 2.05) is 7.05 Å². The topological polar surface area (TPSA) is 12.0 Å². The standard InChI is InChI=1S/C10H23N2/c1-10-4-7-12(3,8-5-10)9-6-11-2/h10-11H,4-9H2,1-3H3/q+1. The van der Waals surface area contributed by atoms with Gasteiger partial charge in [-0.2, -0.15) is 0 Å². The molecular formula is C10H23N2+. The number of quaternary nitrogens is 1. The molecule has 0 aliphatic carbocycles. The molecular weight excluding hydrogens is 148 g/mol. The molecule has 0 aromatic rings. The SMILES string of the molecule is CNCC[N+]1(C)CCC(C)CC1. The van der Waals surface area contributed by atoms with Crippen LogP contribution in [0.4, 0.5) is 0 Å². The summed E-state index contributed by atoms with van der Waals surface area (Å²) in [7, 11) is 4.43. The molecule has 0 aromatic heterocycles. The van der Waals surface area contributed by atoms with Gasteiger partial charge >= 0.3 is 0 Å². The molecule has 2 heteroatoms. The van der Waals surface area contributed by atoms with Gasteiger partial charge in [0.25, 0.3) is 0 Å². The smallest absolute Gasteiger partial charge is 0.0911 e. The predicted octanol–water partition coefficient (Wildman–Crippen LogP) is 1.08. The molecule has 1 heterocycles. The molecule has 0 atom stereocenters. The molecule has 0 bridgehead atoms. The first-order chi connectivity index (χ1) is 5.66. The van der Waals surface area contributed by atoms with Crippen LogP contribution >= 0.6 is 0 Å². The van der Waals surface area contributed by atoms with Gasteiger partial charge in [0.1, 0.15) is 0 Å². The van der Waals surface area contributed by atoms with E-state index in [1.54, 1.807) is 0 Å². The third-order valence-corrected chi connectivity index (χ3v) is 3.23. The minimum atomic E-state index is 0.964. The number of hydrogen-bond acceptors (Lipinski definition) is 1. The second-order valence-electron chi connectivity index (χ2n) is 4.58. The quantitative estimate of drug-likeness (QED) is 0.627. The van der Waals surface area contributed by atoms with Crippen LogP contribution in [-0.2, 0) is 0 Å². The van der Waals surface area contributed by atoms with Crippen molar-refractivity contribution >= 4 is 0 Å². The molecule has 1 fully saturated rings.